The number of carbonyl (C=O) groups excluding carboxylic acids is 1. The Bertz CT molecular complexity index is 1750. The number of fused-ring (bicyclic) bond motifs is 1. The normalized spacial score (nSPS) is 17.5. The summed E-state index contributed by atoms with van der Waals surface area (Å²) in [7, 11) is -6.19. The van der Waals surface area contributed by atoms with Crippen molar-refractivity contribution in [3.05, 3.63) is 72.3 Å². The highest BCUT2D eigenvalue weighted by molar-refractivity contribution is 7.92. The predicted molar refractivity (Wildman–Crippen MR) is 172 cm³/mol. The Morgan fingerprint density at radius 1 is 0.891 bits per heavy atom. The van der Waals surface area contributed by atoms with Gasteiger partial charge in [0.15, 0.2) is 6.10 Å². The predicted octanol–water partition coefficient (Wildman–Crippen LogP) is 3.17. The van der Waals surface area contributed by atoms with Crippen molar-refractivity contribution in [2.24, 2.45) is 0 Å². The lowest BCUT2D eigenvalue weighted by Crippen LogP contribution is -2.51. The molecule has 0 radical (unpaired) electrons. The summed E-state index contributed by atoms with van der Waals surface area (Å²) in [5, 5.41) is 2.75. The van der Waals surface area contributed by atoms with Crippen LogP contribution in [-0.4, -0.2) is 86.3 Å². The van der Waals surface area contributed by atoms with Gasteiger partial charge in [-0.1, -0.05) is 26.8 Å². The van der Waals surface area contributed by atoms with Crippen molar-refractivity contribution in [3.8, 4) is 17.2 Å². The molecule has 5 rings (SSSR count). The van der Waals surface area contributed by atoms with E-state index in [2.05, 4.69) is 5.32 Å². The number of amides is 1. The number of methoxy groups -OCH3 is 1. The molecule has 0 saturated carbocycles. The van der Waals surface area contributed by atoms with E-state index in [0.717, 1.165) is 5.56 Å². The second-order valence-corrected chi connectivity index (χ2v) is 15.7. The molecule has 1 saturated heterocycles. The zero-order valence-electron chi connectivity index (χ0n) is 26.3. The van der Waals surface area contributed by atoms with Crippen molar-refractivity contribution >= 4 is 31.6 Å². The molecule has 0 aliphatic carbocycles. The zero-order chi connectivity index (χ0) is 33.1. The van der Waals surface area contributed by atoms with Crippen molar-refractivity contribution in [2.45, 2.75) is 42.1 Å². The highest BCUT2D eigenvalue weighted by atomic mass is 32.2. The van der Waals surface area contributed by atoms with Crippen LogP contribution in [0.2, 0.25) is 0 Å². The van der Waals surface area contributed by atoms with Crippen molar-refractivity contribution in [2.75, 3.05) is 57.4 Å². The molecule has 0 bridgehead atoms. The number of morpholine rings is 1. The molecule has 1 amide bonds. The third-order valence-electron chi connectivity index (χ3n) is 7.74. The average molecular weight is 674 g/mol. The molecule has 0 aromatic heterocycles. The Labute approximate surface area is 270 Å². The monoisotopic (exact) mass is 673 g/mol. The molecule has 12 nitrogen and oxygen atoms in total. The minimum absolute atomic E-state index is 0.0543. The van der Waals surface area contributed by atoms with Crippen LogP contribution >= 0.6 is 0 Å². The van der Waals surface area contributed by atoms with E-state index >= 15 is 0 Å². The van der Waals surface area contributed by atoms with Gasteiger partial charge < -0.3 is 24.3 Å². The minimum atomic E-state index is -4.07. The summed E-state index contributed by atoms with van der Waals surface area (Å²) >= 11 is 0. The maximum atomic E-state index is 13.9. The molecule has 1 atom stereocenters. The van der Waals surface area contributed by atoms with E-state index in [-0.39, 0.29) is 40.7 Å². The fourth-order valence-corrected chi connectivity index (χ4v) is 7.93. The lowest BCUT2D eigenvalue weighted by atomic mass is 9.86. The lowest BCUT2D eigenvalue weighted by Gasteiger charge is -2.36. The standard InChI is InChI=1S/C32H39N3O9S2/c1-32(2,3)23-5-14-29-28(21-23)35(46(39,40)27-10-6-24(41-4)7-11-27)22-30(44-29)31(36)33-15-18-43-25-8-12-26(13-9-25)45(37,38)34-16-19-42-20-17-34/h5-14,21,30H,15-20,22H2,1-4H3,(H,33,36)/t30-/m0/s1. The van der Waals surface area contributed by atoms with Crippen LogP contribution in [-0.2, 0) is 35.0 Å². The van der Waals surface area contributed by atoms with Gasteiger partial charge >= 0.3 is 0 Å². The highest BCUT2D eigenvalue weighted by Gasteiger charge is 2.38. The van der Waals surface area contributed by atoms with E-state index in [1.165, 1.54) is 40.0 Å². The first-order chi connectivity index (χ1) is 21.8. The fourth-order valence-electron chi connectivity index (χ4n) is 5.06. The number of hydrogen-bond donors (Lipinski definition) is 1. The molecule has 1 fully saturated rings. The van der Waals surface area contributed by atoms with Gasteiger partial charge in [0.25, 0.3) is 15.9 Å². The van der Waals surface area contributed by atoms with Crippen LogP contribution in [0.5, 0.6) is 17.2 Å². The summed E-state index contributed by atoms with van der Waals surface area (Å²) in [5.41, 5.74) is 1.02. The molecule has 1 N–H and O–H groups in total. The van der Waals surface area contributed by atoms with Crippen molar-refractivity contribution < 1.29 is 40.6 Å². The molecule has 2 aliphatic rings. The number of nitrogens with zero attached hydrogens (tertiary/aromatic N) is 2. The SMILES string of the molecule is COc1ccc(S(=O)(=O)N2C[C@@H](C(=O)NCCOc3ccc(S(=O)(=O)N4CCOCC4)cc3)Oc3ccc(C(C)(C)C)cc32)cc1. The third kappa shape index (κ3) is 7.25. The summed E-state index contributed by atoms with van der Waals surface area (Å²) < 4.78 is 78.2. The van der Waals surface area contributed by atoms with Crippen LogP contribution in [0.25, 0.3) is 0 Å². The van der Waals surface area contributed by atoms with Gasteiger partial charge in [-0.15, -0.1) is 0 Å². The van der Waals surface area contributed by atoms with Crippen LogP contribution < -0.4 is 23.8 Å². The summed E-state index contributed by atoms with van der Waals surface area (Å²) in [6.45, 7) is 7.38. The zero-order valence-corrected chi connectivity index (χ0v) is 27.9. The first-order valence-corrected chi connectivity index (χ1v) is 17.8. The van der Waals surface area contributed by atoms with Crippen LogP contribution in [0.3, 0.4) is 0 Å². The summed E-state index contributed by atoms with van der Waals surface area (Å²) in [6, 6.07) is 17.5. The molecule has 2 heterocycles. The second-order valence-electron chi connectivity index (χ2n) is 11.9. The molecule has 3 aromatic carbocycles. The van der Waals surface area contributed by atoms with Crippen molar-refractivity contribution in [3.63, 3.8) is 0 Å². The van der Waals surface area contributed by atoms with Gasteiger partial charge in [0.1, 0.15) is 23.9 Å². The number of ether oxygens (including phenoxy) is 4. The molecule has 14 heteroatoms. The van der Waals surface area contributed by atoms with Crippen LogP contribution in [0, 0.1) is 0 Å². The first kappa shape index (κ1) is 33.5. The van der Waals surface area contributed by atoms with Gasteiger partial charge in [-0.3, -0.25) is 9.10 Å². The molecular weight excluding hydrogens is 634 g/mol. The van der Waals surface area contributed by atoms with E-state index in [0.29, 0.717) is 43.5 Å². The number of hydrogen-bond acceptors (Lipinski definition) is 9. The molecule has 3 aromatic rings. The van der Waals surface area contributed by atoms with E-state index in [4.69, 9.17) is 18.9 Å². The number of carbonyl (C=O) groups is 1. The number of benzene rings is 3. The van der Waals surface area contributed by atoms with Crippen LogP contribution in [0.1, 0.15) is 26.3 Å². The Kier molecular flexibility index (Phi) is 9.82. The van der Waals surface area contributed by atoms with E-state index in [9.17, 15) is 21.6 Å². The van der Waals surface area contributed by atoms with Gasteiger partial charge in [-0.2, -0.15) is 4.31 Å². The maximum absolute atomic E-state index is 13.9. The first-order valence-electron chi connectivity index (χ1n) is 14.9. The van der Waals surface area contributed by atoms with Crippen LogP contribution in [0.4, 0.5) is 5.69 Å². The van der Waals surface area contributed by atoms with E-state index in [1.54, 1.807) is 36.4 Å². The van der Waals surface area contributed by atoms with Gasteiger partial charge in [-0.05, 0) is 71.6 Å². The van der Waals surface area contributed by atoms with Crippen molar-refractivity contribution in [1.29, 1.82) is 0 Å². The van der Waals surface area contributed by atoms with Crippen LogP contribution in [0.15, 0.2) is 76.5 Å². The summed E-state index contributed by atoms with van der Waals surface area (Å²) in [4.78, 5) is 13.4. The smallest absolute Gasteiger partial charge is 0.264 e. The highest BCUT2D eigenvalue weighted by Crippen LogP contribution is 2.40. The average Bonchev–Trinajstić information content (AvgIpc) is 3.06. The fraction of sp³-hybridized carbons (Fsp3) is 0.406. The third-order valence-corrected chi connectivity index (χ3v) is 11.4. The molecule has 0 spiro atoms. The Balaban J connectivity index is 1.25. The lowest BCUT2D eigenvalue weighted by molar-refractivity contribution is -0.127. The van der Waals surface area contributed by atoms with Gasteiger partial charge in [0.05, 0.1) is 48.9 Å². The van der Waals surface area contributed by atoms with Gasteiger partial charge in [-0.25, -0.2) is 16.8 Å². The number of anilines is 1. The molecule has 248 valence electrons. The summed E-state index contributed by atoms with van der Waals surface area (Å²) in [5.74, 6) is 0.727. The number of sulfonamides is 2. The topological polar surface area (TPSA) is 141 Å². The molecular formula is C32H39N3O9S2. The second kappa shape index (κ2) is 13.5. The molecule has 46 heavy (non-hydrogen) atoms. The largest absolute Gasteiger partial charge is 0.497 e. The van der Waals surface area contributed by atoms with Crippen molar-refractivity contribution in [1.82, 2.24) is 9.62 Å². The number of nitrogens with one attached hydrogen (secondary N) is 1. The molecule has 0 unspecified atom stereocenters. The maximum Gasteiger partial charge on any atom is 0.264 e. The van der Waals surface area contributed by atoms with E-state index in [1.807, 2.05) is 26.8 Å². The van der Waals surface area contributed by atoms with E-state index < -0.39 is 32.1 Å². The molecule has 2 aliphatic heterocycles. The number of rotatable bonds is 10. The van der Waals surface area contributed by atoms with Gasteiger partial charge in [0, 0.05) is 13.1 Å². The Morgan fingerprint density at radius 3 is 2.11 bits per heavy atom. The van der Waals surface area contributed by atoms with Gasteiger partial charge in [0.2, 0.25) is 10.0 Å². The minimum Gasteiger partial charge on any atom is -0.497 e. The Morgan fingerprint density at radius 2 is 1.50 bits per heavy atom. The summed E-state index contributed by atoms with van der Waals surface area (Å²) in [6.07, 6.45) is -1.12. The Hall–Kier alpha value is -3.85. The quantitative estimate of drug-likeness (QED) is 0.322.